The number of nitrogens with zero attached hydrogens (tertiary/aromatic N) is 1. The zero-order valence-electron chi connectivity index (χ0n) is 11.2. The zero-order valence-corrected chi connectivity index (χ0v) is 11.2. The Labute approximate surface area is 115 Å². The van der Waals surface area contributed by atoms with Crippen LogP contribution in [0.4, 0.5) is 13.2 Å². The fourth-order valence-electron chi connectivity index (χ4n) is 2.67. The van der Waals surface area contributed by atoms with Gasteiger partial charge in [-0.05, 0) is 17.5 Å². The number of hydrogen-bond acceptors (Lipinski definition) is 2. The van der Waals surface area contributed by atoms with Gasteiger partial charge in [0.1, 0.15) is 0 Å². The highest BCUT2D eigenvalue weighted by Crippen LogP contribution is 2.30. The Hall–Kier alpha value is -1.56. The van der Waals surface area contributed by atoms with Crippen molar-refractivity contribution >= 4 is 5.91 Å². The lowest BCUT2D eigenvalue weighted by Gasteiger charge is -2.16. The van der Waals surface area contributed by atoms with E-state index in [0.717, 1.165) is 12.1 Å². The minimum Gasteiger partial charge on any atom is -0.369 e. The van der Waals surface area contributed by atoms with Crippen LogP contribution in [0.2, 0.25) is 0 Å². The number of amides is 1. The van der Waals surface area contributed by atoms with E-state index in [1.165, 1.54) is 6.07 Å². The van der Waals surface area contributed by atoms with Crippen LogP contribution in [0, 0.1) is 11.8 Å². The molecule has 1 aliphatic rings. The second-order valence-electron chi connectivity index (χ2n) is 5.38. The van der Waals surface area contributed by atoms with Gasteiger partial charge in [0.05, 0.1) is 11.5 Å². The van der Waals surface area contributed by atoms with Gasteiger partial charge in [0.15, 0.2) is 0 Å². The largest absolute Gasteiger partial charge is 0.416 e. The lowest BCUT2D eigenvalue weighted by atomic mass is 9.98. The van der Waals surface area contributed by atoms with E-state index in [-0.39, 0.29) is 17.7 Å². The SMILES string of the molecule is C[C@@H]1CN(Cc2cccc(C(F)(F)F)c2)C[C@H]1C(N)=O. The average Bonchev–Trinajstić information content (AvgIpc) is 2.69. The molecule has 0 radical (unpaired) electrons. The Kier molecular flexibility index (Phi) is 4.04. The maximum Gasteiger partial charge on any atom is 0.416 e. The molecule has 1 heterocycles. The summed E-state index contributed by atoms with van der Waals surface area (Å²) in [4.78, 5) is 13.2. The first kappa shape index (κ1) is 14.8. The second-order valence-corrected chi connectivity index (χ2v) is 5.38. The molecule has 0 spiro atoms. The van der Waals surface area contributed by atoms with Gasteiger partial charge in [0, 0.05) is 19.6 Å². The summed E-state index contributed by atoms with van der Waals surface area (Å²) in [5, 5.41) is 0. The molecular weight excluding hydrogens is 269 g/mol. The van der Waals surface area contributed by atoms with Crippen molar-refractivity contribution in [2.75, 3.05) is 13.1 Å². The number of alkyl halides is 3. The zero-order chi connectivity index (χ0) is 14.9. The van der Waals surface area contributed by atoms with E-state index >= 15 is 0 Å². The van der Waals surface area contributed by atoms with Crippen LogP contribution in [0.5, 0.6) is 0 Å². The average molecular weight is 286 g/mol. The number of primary amides is 1. The van der Waals surface area contributed by atoms with Gasteiger partial charge in [-0.25, -0.2) is 0 Å². The van der Waals surface area contributed by atoms with Crippen molar-refractivity contribution in [1.29, 1.82) is 0 Å². The number of halogens is 3. The highest BCUT2D eigenvalue weighted by Gasteiger charge is 2.34. The summed E-state index contributed by atoms with van der Waals surface area (Å²) in [6.07, 6.45) is -4.33. The van der Waals surface area contributed by atoms with E-state index in [4.69, 9.17) is 5.73 Å². The predicted octanol–water partition coefficient (Wildman–Crippen LogP) is 2.26. The third-order valence-corrected chi connectivity index (χ3v) is 3.71. The quantitative estimate of drug-likeness (QED) is 0.926. The highest BCUT2D eigenvalue weighted by molar-refractivity contribution is 5.77. The number of rotatable bonds is 3. The van der Waals surface area contributed by atoms with Crippen molar-refractivity contribution in [3.8, 4) is 0 Å². The summed E-state index contributed by atoms with van der Waals surface area (Å²) in [5.74, 6) is -0.428. The van der Waals surface area contributed by atoms with Crippen molar-refractivity contribution in [1.82, 2.24) is 4.90 Å². The van der Waals surface area contributed by atoms with Crippen LogP contribution in [0.1, 0.15) is 18.1 Å². The van der Waals surface area contributed by atoms with Crippen LogP contribution in [-0.2, 0) is 17.5 Å². The molecule has 1 fully saturated rings. The summed E-state index contributed by atoms with van der Waals surface area (Å²) < 4.78 is 37.9. The first-order valence-electron chi connectivity index (χ1n) is 6.45. The van der Waals surface area contributed by atoms with Crippen molar-refractivity contribution in [2.45, 2.75) is 19.6 Å². The fraction of sp³-hybridized carbons (Fsp3) is 0.500. The molecule has 0 unspecified atom stereocenters. The van der Waals surface area contributed by atoms with E-state index in [1.54, 1.807) is 6.07 Å². The topological polar surface area (TPSA) is 46.3 Å². The van der Waals surface area contributed by atoms with Crippen molar-refractivity contribution in [3.63, 3.8) is 0 Å². The number of benzene rings is 1. The molecule has 3 nitrogen and oxygen atoms in total. The van der Waals surface area contributed by atoms with E-state index in [0.29, 0.717) is 25.2 Å². The Morgan fingerprint density at radius 3 is 2.65 bits per heavy atom. The molecule has 1 amide bonds. The molecule has 1 saturated heterocycles. The minimum absolute atomic E-state index is 0.137. The minimum atomic E-state index is -4.33. The second kappa shape index (κ2) is 5.44. The molecule has 6 heteroatoms. The van der Waals surface area contributed by atoms with Crippen LogP contribution in [0.3, 0.4) is 0 Å². The molecule has 0 saturated carbocycles. The molecule has 110 valence electrons. The molecule has 2 N–H and O–H groups in total. The Morgan fingerprint density at radius 1 is 1.40 bits per heavy atom. The molecule has 0 bridgehead atoms. The van der Waals surface area contributed by atoms with E-state index in [1.807, 2.05) is 11.8 Å². The third kappa shape index (κ3) is 3.30. The van der Waals surface area contributed by atoms with Gasteiger partial charge in [-0.1, -0.05) is 25.1 Å². The number of carbonyl (C=O) groups is 1. The predicted molar refractivity (Wildman–Crippen MR) is 68.6 cm³/mol. The fourth-order valence-corrected chi connectivity index (χ4v) is 2.67. The number of hydrogen-bond donors (Lipinski definition) is 1. The van der Waals surface area contributed by atoms with Crippen LogP contribution in [0.25, 0.3) is 0 Å². The van der Waals surface area contributed by atoms with Crippen molar-refractivity contribution in [2.24, 2.45) is 17.6 Å². The monoisotopic (exact) mass is 286 g/mol. The Bertz CT molecular complexity index is 501. The maximum atomic E-state index is 12.6. The lowest BCUT2D eigenvalue weighted by Crippen LogP contribution is -2.29. The molecule has 2 rings (SSSR count). The third-order valence-electron chi connectivity index (χ3n) is 3.71. The van der Waals surface area contributed by atoms with Crippen LogP contribution >= 0.6 is 0 Å². The van der Waals surface area contributed by atoms with Crippen molar-refractivity contribution in [3.05, 3.63) is 35.4 Å². The van der Waals surface area contributed by atoms with Gasteiger partial charge in [-0.3, -0.25) is 9.69 Å². The summed E-state index contributed by atoms with van der Waals surface area (Å²) in [5.41, 5.74) is 5.26. The first-order chi connectivity index (χ1) is 9.27. The van der Waals surface area contributed by atoms with Gasteiger partial charge in [0.2, 0.25) is 5.91 Å². The number of likely N-dealkylation sites (tertiary alicyclic amines) is 1. The Morgan fingerprint density at radius 2 is 2.10 bits per heavy atom. The molecule has 1 aromatic rings. The molecule has 20 heavy (non-hydrogen) atoms. The van der Waals surface area contributed by atoms with Gasteiger partial charge in [-0.15, -0.1) is 0 Å². The maximum absolute atomic E-state index is 12.6. The van der Waals surface area contributed by atoms with E-state index < -0.39 is 11.7 Å². The molecule has 1 aliphatic heterocycles. The first-order valence-corrected chi connectivity index (χ1v) is 6.45. The normalized spacial score (nSPS) is 24.0. The van der Waals surface area contributed by atoms with Crippen molar-refractivity contribution < 1.29 is 18.0 Å². The van der Waals surface area contributed by atoms with E-state index in [2.05, 4.69) is 0 Å². The summed E-state index contributed by atoms with van der Waals surface area (Å²) in [7, 11) is 0. The van der Waals surface area contributed by atoms with Gasteiger partial charge < -0.3 is 5.73 Å². The van der Waals surface area contributed by atoms with Gasteiger partial charge in [0.25, 0.3) is 0 Å². The van der Waals surface area contributed by atoms with Gasteiger partial charge >= 0.3 is 6.18 Å². The smallest absolute Gasteiger partial charge is 0.369 e. The van der Waals surface area contributed by atoms with Crippen LogP contribution < -0.4 is 5.73 Å². The highest BCUT2D eigenvalue weighted by atomic mass is 19.4. The van der Waals surface area contributed by atoms with E-state index in [9.17, 15) is 18.0 Å². The standard InChI is InChI=1S/C14H17F3N2O/c1-9-6-19(8-12(9)13(18)20)7-10-3-2-4-11(5-10)14(15,16)17/h2-5,9,12H,6-8H2,1H3,(H2,18,20)/t9-,12-/m1/s1. The molecule has 1 aromatic carbocycles. The lowest BCUT2D eigenvalue weighted by molar-refractivity contribution is -0.137. The molecule has 0 aliphatic carbocycles. The van der Waals surface area contributed by atoms with Crippen LogP contribution in [0.15, 0.2) is 24.3 Å². The number of nitrogens with two attached hydrogens (primary N) is 1. The molecule has 0 aromatic heterocycles. The summed E-state index contributed by atoms with van der Waals surface area (Å²) in [6, 6.07) is 5.28. The number of carbonyl (C=O) groups excluding carboxylic acids is 1. The van der Waals surface area contributed by atoms with Crippen LogP contribution in [-0.4, -0.2) is 23.9 Å². The summed E-state index contributed by atoms with van der Waals surface area (Å²) >= 11 is 0. The summed E-state index contributed by atoms with van der Waals surface area (Å²) in [6.45, 7) is 3.51. The van der Waals surface area contributed by atoms with Gasteiger partial charge in [-0.2, -0.15) is 13.2 Å². The Balaban J connectivity index is 2.06. The molecular formula is C14H17F3N2O. The molecule has 2 atom stereocenters.